The molecule has 2 N–H and O–H groups in total. The maximum Gasteiger partial charge on any atom is 0.247 e. The zero-order chi connectivity index (χ0) is 21.9. The van der Waals surface area contributed by atoms with Gasteiger partial charge in [-0.3, -0.25) is 14.5 Å². The van der Waals surface area contributed by atoms with Gasteiger partial charge in [0.15, 0.2) is 5.78 Å². The molecule has 0 bridgehead atoms. The number of ketones is 1. The molecule has 1 aliphatic carbocycles. The Balaban J connectivity index is 1.91. The van der Waals surface area contributed by atoms with Gasteiger partial charge in [0.05, 0.1) is 5.57 Å². The van der Waals surface area contributed by atoms with E-state index in [1.807, 2.05) is 30.3 Å². The first-order chi connectivity index (χ1) is 14.9. The average molecular weight is 431 g/mol. The molecule has 0 saturated carbocycles. The summed E-state index contributed by atoms with van der Waals surface area (Å²) in [4.78, 5) is 30.5. The minimum Gasteiger partial charge on any atom is -0.384 e. The summed E-state index contributed by atoms with van der Waals surface area (Å²) in [6.45, 7) is 0. The molecule has 6 nitrogen and oxygen atoms in total. The lowest BCUT2D eigenvalue weighted by atomic mass is 9.64. The molecule has 31 heavy (non-hydrogen) atoms. The van der Waals surface area contributed by atoms with Crippen molar-refractivity contribution < 1.29 is 9.59 Å². The molecule has 5 rings (SSSR count). The van der Waals surface area contributed by atoms with E-state index in [1.54, 1.807) is 30.1 Å². The maximum absolute atomic E-state index is 13.8. The number of carbonyl (C=O) groups is 2. The standard InChI is InChI=1S/C24H19ClN4O2/c1-28-18-9-3-2-8-16(18)24(23(28)31)17(13-26)22(27)29(15-7-4-6-14(25)12-15)19-10-5-11-20(30)21(19)24/h2-4,6-9,12H,5,10-11,27H2,1H3. The first-order valence-corrected chi connectivity index (χ1v) is 10.4. The van der Waals surface area contributed by atoms with Crippen LogP contribution >= 0.6 is 11.6 Å². The first kappa shape index (κ1) is 19.4. The van der Waals surface area contributed by atoms with Gasteiger partial charge in [0.1, 0.15) is 17.3 Å². The Bertz CT molecular complexity index is 1270. The second-order valence-corrected chi connectivity index (χ2v) is 8.35. The Morgan fingerprint density at radius 3 is 2.65 bits per heavy atom. The monoisotopic (exact) mass is 430 g/mol. The SMILES string of the molecule is CN1C(=O)C2(C(C#N)=C(N)N(c3cccc(Cl)c3)C3=C2C(=O)CCC3)c2ccccc21. The number of hydrogen-bond donors (Lipinski definition) is 1. The Morgan fingerprint density at radius 1 is 1.13 bits per heavy atom. The van der Waals surface area contributed by atoms with E-state index >= 15 is 0 Å². The third-order valence-electron chi connectivity index (χ3n) is 6.37. The van der Waals surface area contributed by atoms with Crippen molar-refractivity contribution in [1.82, 2.24) is 0 Å². The van der Waals surface area contributed by atoms with Crippen LogP contribution in [0.5, 0.6) is 0 Å². The smallest absolute Gasteiger partial charge is 0.247 e. The highest BCUT2D eigenvalue weighted by Crippen LogP contribution is 2.56. The van der Waals surface area contributed by atoms with Crippen LogP contribution in [0.1, 0.15) is 24.8 Å². The van der Waals surface area contributed by atoms with Crippen LogP contribution in [0.4, 0.5) is 11.4 Å². The fourth-order valence-electron chi connectivity index (χ4n) is 5.14. The molecule has 0 fully saturated rings. The predicted octanol–water partition coefficient (Wildman–Crippen LogP) is 3.78. The lowest BCUT2D eigenvalue weighted by Crippen LogP contribution is -2.52. The molecular formula is C24H19ClN4O2. The molecule has 154 valence electrons. The van der Waals surface area contributed by atoms with Crippen LogP contribution in [0.2, 0.25) is 5.02 Å². The zero-order valence-corrected chi connectivity index (χ0v) is 17.6. The van der Waals surface area contributed by atoms with Crippen LogP contribution in [0.15, 0.2) is 71.2 Å². The van der Waals surface area contributed by atoms with Crippen molar-refractivity contribution in [2.75, 3.05) is 16.8 Å². The summed E-state index contributed by atoms with van der Waals surface area (Å²) in [6, 6.07) is 16.6. The van der Waals surface area contributed by atoms with Crippen molar-refractivity contribution in [2.24, 2.45) is 5.73 Å². The van der Waals surface area contributed by atoms with E-state index in [9.17, 15) is 14.9 Å². The second-order valence-electron chi connectivity index (χ2n) is 7.92. The largest absolute Gasteiger partial charge is 0.384 e. The Kier molecular flexibility index (Phi) is 4.21. The number of allylic oxidation sites excluding steroid dienone is 1. The van der Waals surface area contributed by atoms with E-state index in [0.29, 0.717) is 52.5 Å². The summed E-state index contributed by atoms with van der Waals surface area (Å²) in [5.41, 5.74) is 8.13. The number of nitrogens with two attached hydrogens (primary N) is 1. The summed E-state index contributed by atoms with van der Waals surface area (Å²) < 4.78 is 0. The molecule has 0 radical (unpaired) electrons. The zero-order valence-electron chi connectivity index (χ0n) is 16.9. The summed E-state index contributed by atoms with van der Waals surface area (Å²) in [7, 11) is 1.66. The number of likely N-dealkylation sites (N-methyl/N-ethyl adjacent to an activating group) is 1. The first-order valence-electron chi connectivity index (χ1n) is 10.0. The fraction of sp³-hybridized carbons (Fsp3) is 0.208. The number of nitrogens with zero attached hydrogens (tertiary/aromatic N) is 3. The highest BCUT2D eigenvalue weighted by molar-refractivity contribution is 6.30. The third kappa shape index (κ3) is 2.38. The topological polar surface area (TPSA) is 90.4 Å². The van der Waals surface area contributed by atoms with Gasteiger partial charge in [-0.2, -0.15) is 5.26 Å². The van der Waals surface area contributed by atoms with Crippen molar-refractivity contribution in [3.8, 4) is 6.07 Å². The number of rotatable bonds is 1. The summed E-state index contributed by atoms with van der Waals surface area (Å²) in [5.74, 6) is -0.314. The molecule has 1 atom stereocenters. The second kappa shape index (κ2) is 6.73. The summed E-state index contributed by atoms with van der Waals surface area (Å²) >= 11 is 6.22. The number of anilines is 2. The van der Waals surface area contributed by atoms with E-state index in [0.717, 1.165) is 0 Å². The highest BCUT2D eigenvalue weighted by Gasteiger charge is 2.61. The minimum absolute atomic E-state index is 0.0725. The average Bonchev–Trinajstić information content (AvgIpc) is 2.97. The van der Waals surface area contributed by atoms with Gasteiger partial charge in [-0.25, -0.2) is 0 Å². The molecule has 2 aromatic carbocycles. The maximum atomic E-state index is 13.8. The van der Waals surface area contributed by atoms with Crippen LogP contribution in [-0.4, -0.2) is 18.7 Å². The molecule has 2 aliphatic heterocycles. The van der Waals surface area contributed by atoms with Crippen molar-refractivity contribution >= 4 is 34.7 Å². The van der Waals surface area contributed by atoms with Gasteiger partial charge < -0.3 is 10.6 Å². The van der Waals surface area contributed by atoms with Crippen molar-refractivity contribution in [3.63, 3.8) is 0 Å². The van der Waals surface area contributed by atoms with Crippen LogP contribution in [0, 0.1) is 11.3 Å². The van der Waals surface area contributed by atoms with Crippen LogP contribution in [0.3, 0.4) is 0 Å². The molecule has 1 unspecified atom stereocenters. The minimum atomic E-state index is -1.52. The number of carbonyl (C=O) groups excluding carboxylic acids is 2. The number of hydrogen-bond acceptors (Lipinski definition) is 5. The quantitative estimate of drug-likeness (QED) is 0.743. The van der Waals surface area contributed by atoms with Crippen molar-refractivity contribution in [1.29, 1.82) is 5.26 Å². The lowest BCUT2D eigenvalue weighted by Gasteiger charge is -2.43. The molecule has 3 aliphatic rings. The van der Waals surface area contributed by atoms with E-state index < -0.39 is 5.41 Å². The molecular weight excluding hydrogens is 412 g/mol. The number of halogens is 1. The number of nitriles is 1. The van der Waals surface area contributed by atoms with Gasteiger partial charge >= 0.3 is 0 Å². The molecule has 2 aromatic rings. The van der Waals surface area contributed by atoms with Gasteiger partial charge in [-0.05, 0) is 37.1 Å². The van der Waals surface area contributed by atoms with Crippen molar-refractivity contribution in [3.05, 3.63) is 81.8 Å². The van der Waals surface area contributed by atoms with Gasteiger partial charge in [0, 0.05) is 46.7 Å². The van der Waals surface area contributed by atoms with Gasteiger partial charge in [0.25, 0.3) is 0 Å². The molecule has 2 heterocycles. The number of Topliss-reactive ketones (excluding diaryl/α,β-unsaturated/α-hetero) is 1. The Labute approximate surface area is 184 Å². The highest BCUT2D eigenvalue weighted by atomic mass is 35.5. The number of para-hydroxylation sites is 1. The van der Waals surface area contributed by atoms with E-state index in [1.165, 1.54) is 4.90 Å². The predicted molar refractivity (Wildman–Crippen MR) is 118 cm³/mol. The van der Waals surface area contributed by atoms with E-state index in [-0.39, 0.29) is 23.1 Å². The lowest BCUT2D eigenvalue weighted by molar-refractivity contribution is -0.124. The number of benzene rings is 2. The van der Waals surface area contributed by atoms with Crippen LogP contribution < -0.4 is 15.5 Å². The normalized spacial score (nSPS) is 22.7. The molecule has 7 heteroatoms. The Morgan fingerprint density at radius 2 is 1.90 bits per heavy atom. The number of amides is 1. The van der Waals surface area contributed by atoms with Gasteiger partial charge in [-0.15, -0.1) is 0 Å². The third-order valence-corrected chi connectivity index (χ3v) is 6.61. The van der Waals surface area contributed by atoms with Crippen LogP contribution in [-0.2, 0) is 15.0 Å². The molecule has 1 spiro atoms. The molecule has 1 amide bonds. The summed E-state index contributed by atoms with van der Waals surface area (Å²) in [5, 5.41) is 10.8. The summed E-state index contributed by atoms with van der Waals surface area (Å²) in [6.07, 6.45) is 1.53. The van der Waals surface area contributed by atoms with E-state index in [4.69, 9.17) is 17.3 Å². The number of fused-ring (bicyclic) bond motifs is 3. The fourth-order valence-corrected chi connectivity index (χ4v) is 5.33. The van der Waals surface area contributed by atoms with Crippen LogP contribution in [0.25, 0.3) is 0 Å². The molecule has 0 saturated heterocycles. The van der Waals surface area contributed by atoms with E-state index in [2.05, 4.69) is 6.07 Å². The van der Waals surface area contributed by atoms with Crippen molar-refractivity contribution in [2.45, 2.75) is 24.7 Å². The molecule has 0 aromatic heterocycles. The van der Waals surface area contributed by atoms with Gasteiger partial charge in [-0.1, -0.05) is 35.9 Å². The van der Waals surface area contributed by atoms with Gasteiger partial charge in [0.2, 0.25) is 5.91 Å². The Hall–Kier alpha value is -3.56.